The van der Waals surface area contributed by atoms with E-state index in [2.05, 4.69) is 15.9 Å². The monoisotopic (exact) mass is 415 g/mol. The number of hydrogen-bond donors (Lipinski definition) is 1. The molecule has 1 aliphatic rings. The number of rotatable bonds is 5. The van der Waals surface area contributed by atoms with Gasteiger partial charge in [-0.05, 0) is 17.7 Å². The van der Waals surface area contributed by atoms with Gasteiger partial charge in [-0.25, -0.2) is 0 Å². The molecule has 26 heavy (non-hydrogen) atoms. The highest BCUT2D eigenvalue weighted by atomic mass is 79.9. The third kappa shape index (κ3) is 3.43. The van der Waals surface area contributed by atoms with Crippen LogP contribution >= 0.6 is 15.9 Å². The minimum Gasteiger partial charge on any atom is -0.507 e. The van der Waals surface area contributed by atoms with E-state index in [0.29, 0.717) is 12.2 Å². The van der Waals surface area contributed by atoms with E-state index in [9.17, 15) is 14.7 Å². The molecule has 1 saturated heterocycles. The Labute approximate surface area is 160 Å². The minimum absolute atomic E-state index is 0.0930. The molecule has 1 fully saturated rings. The third-order valence-corrected chi connectivity index (χ3v) is 4.78. The maximum atomic E-state index is 12.7. The van der Waals surface area contributed by atoms with E-state index in [-0.39, 0.29) is 17.9 Å². The maximum absolute atomic E-state index is 12.7. The quantitative estimate of drug-likeness (QED) is 0.460. The molecular formula is C20H18BrNO4. The molecule has 1 amide bonds. The first-order valence-electron chi connectivity index (χ1n) is 8.13. The number of carbonyl (C=O) groups excluding carboxylic acids is 2. The van der Waals surface area contributed by atoms with Crippen LogP contribution in [0.15, 0.2) is 64.6 Å². The van der Waals surface area contributed by atoms with Crippen LogP contribution in [-0.4, -0.2) is 42.0 Å². The summed E-state index contributed by atoms with van der Waals surface area (Å²) in [6.45, 7) is 0.548. The SMILES string of the molecule is COCCN1C(=O)C(=O)/C(=C(/O)c2ccccc2)[C@H]1c1cccc(Br)c1. The smallest absolute Gasteiger partial charge is 0.295 e. The fourth-order valence-electron chi connectivity index (χ4n) is 3.08. The number of likely N-dealkylation sites (tertiary alicyclic amines) is 1. The molecule has 1 aliphatic heterocycles. The number of aliphatic hydroxyl groups is 1. The van der Waals surface area contributed by atoms with E-state index < -0.39 is 17.7 Å². The van der Waals surface area contributed by atoms with Crippen LogP contribution in [0.2, 0.25) is 0 Å². The molecule has 134 valence electrons. The van der Waals surface area contributed by atoms with Crippen molar-refractivity contribution in [3.05, 3.63) is 75.8 Å². The Kier molecular flexibility index (Phi) is 5.54. The van der Waals surface area contributed by atoms with Gasteiger partial charge < -0.3 is 14.7 Å². The molecule has 0 aliphatic carbocycles. The number of carbonyl (C=O) groups is 2. The molecule has 2 aromatic rings. The van der Waals surface area contributed by atoms with Gasteiger partial charge in [0.2, 0.25) is 0 Å². The molecule has 6 heteroatoms. The Balaban J connectivity index is 2.16. The number of nitrogens with zero attached hydrogens (tertiary/aromatic N) is 1. The Hall–Kier alpha value is -2.44. The second-order valence-electron chi connectivity index (χ2n) is 5.91. The molecule has 2 aromatic carbocycles. The molecule has 0 saturated carbocycles. The zero-order valence-corrected chi connectivity index (χ0v) is 15.8. The molecule has 0 bridgehead atoms. The molecule has 0 spiro atoms. The number of ketones is 1. The van der Waals surface area contributed by atoms with Gasteiger partial charge in [0, 0.05) is 23.7 Å². The first kappa shape index (κ1) is 18.4. The lowest BCUT2D eigenvalue weighted by Gasteiger charge is -2.25. The van der Waals surface area contributed by atoms with Gasteiger partial charge in [0.05, 0.1) is 18.2 Å². The average Bonchev–Trinajstić information content (AvgIpc) is 2.91. The number of aliphatic hydroxyl groups excluding tert-OH is 1. The lowest BCUT2D eigenvalue weighted by Crippen LogP contribution is -2.32. The van der Waals surface area contributed by atoms with Gasteiger partial charge in [-0.2, -0.15) is 0 Å². The van der Waals surface area contributed by atoms with Gasteiger partial charge in [0.25, 0.3) is 11.7 Å². The number of methoxy groups -OCH3 is 1. The molecule has 3 rings (SSSR count). The summed E-state index contributed by atoms with van der Waals surface area (Å²) in [7, 11) is 1.54. The van der Waals surface area contributed by atoms with Gasteiger partial charge in [-0.1, -0.05) is 58.4 Å². The number of ether oxygens (including phenoxy) is 1. The molecular weight excluding hydrogens is 398 g/mol. The summed E-state index contributed by atoms with van der Waals surface area (Å²) >= 11 is 3.42. The fourth-order valence-corrected chi connectivity index (χ4v) is 3.49. The highest BCUT2D eigenvalue weighted by Gasteiger charge is 2.45. The highest BCUT2D eigenvalue weighted by molar-refractivity contribution is 9.10. The predicted octanol–water partition coefficient (Wildman–Crippen LogP) is 3.52. The van der Waals surface area contributed by atoms with E-state index in [0.717, 1.165) is 10.0 Å². The summed E-state index contributed by atoms with van der Waals surface area (Å²) in [5.41, 5.74) is 1.33. The van der Waals surface area contributed by atoms with Crippen LogP contribution in [-0.2, 0) is 14.3 Å². The summed E-state index contributed by atoms with van der Waals surface area (Å²) in [5, 5.41) is 10.8. The van der Waals surface area contributed by atoms with Crippen molar-refractivity contribution >= 4 is 33.4 Å². The summed E-state index contributed by atoms with van der Waals surface area (Å²) < 4.78 is 5.91. The molecule has 1 heterocycles. The predicted molar refractivity (Wildman–Crippen MR) is 101 cm³/mol. The highest BCUT2D eigenvalue weighted by Crippen LogP contribution is 2.39. The number of hydrogen-bond acceptors (Lipinski definition) is 4. The molecule has 0 aromatic heterocycles. The van der Waals surface area contributed by atoms with Crippen molar-refractivity contribution in [1.82, 2.24) is 4.90 Å². The first-order chi connectivity index (χ1) is 12.5. The summed E-state index contributed by atoms with van der Waals surface area (Å²) in [6, 6.07) is 15.5. The lowest BCUT2D eigenvalue weighted by molar-refractivity contribution is -0.140. The largest absolute Gasteiger partial charge is 0.507 e. The van der Waals surface area contributed by atoms with Crippen LogP contribution in [0.25, 0.3) is 5.76 Å². The Morgan fingerprint density at radius 3 is 2.54 bits per heavy atom. The van der Waals surface area contributed by atoms with Crippen molar-refractivity contribution < 1.29 is 19.4 Å². The number of halogens is 1. The normalized spacial score (nSPS) is 19.2. The van der Waals surface area contributed by atoms with Crippen LogP contribution in [0.1, 0.15) is 17.2 Å². The third-order valence-electron chi connectivity index (χ3n) is 4.29. The van der Waals surface area contributed by atoms with Gasteiger partial charge in [0.15, 0.2) is 0 Å². The molecule has 1 N–H and O–H groups in total. The van der Waals surface area contributed by atoms with Crippen molar-refractivity contribution in [2.45, 2.75) is 6.04 Å². The van der Waals surface area contributed by atoms with Gasteiger partial charge in [0.1, 0.15) is 5.76 Å². The van der Waals surface area contributed by atoms with Gasteiger partial charge >= 0.3 is 0 Å². The van der Waals surface area contributed by atoms with Crippen molar-refractivity contribution in [3.63, 3.8) is 0 Å². The van der Waals surface area contributed by atoms with Crippen LogP contribution in [0.4, 0.5) is 0 Å². The molecule has 0 radical (unpaired) electrons. The van der Waals surface area contributed by atoms with Crippen LogP contribution in [0.5, 0.6) is 0 Å². The lowest BCUT2D eigenvalue weighted by atomic mass is 9.95. The Morgan fingerprint density at radius 1 is 1.15 bits per heavy atom. The van der Waals surface area contributed by atoms with Crippen molar-refractivity contribution in [3.8, 4) is 0 Å². The standard InChI is InChI=1S/C20H18BrNO4/c1-26-11-10-22-17(14-8-5-9-15(21)12-14)16(19(24)20(22)25)18(23)13-6-3-2-4-7-13/h2-9,12,17,23H,10-11H2,1H3/b18-16+/t17-/m1/s1. The van der Waals surface area contributed by atoms with E-state index in [1.807, 2.05) is 30.3 Å². The van der Waals surface area contributed by atoms with Crippen LogP contribution < -0.4 is 0 Å². The Bertz CT molecular complexity index is 863. The van der Waals surface area contributed by atoms with E-state index in [1.54, 1.807) is 24.3 Å². The summed E-state index contributed by atoms with van der Waals surface area (Å²) in [4.78, 5) is 26.7. The second kappa shape index (κ2) is 7.85. The van der Waals surface area contributed by atoms with Crippen LogP contribution in [0, 0.1) is 0 Å². The summed E-state index contributed by atoms with van der Waals surface area (Å²) in [6.07, 6.45) is 0. The van der Waals surface area contributed by atoms with E-state index in [1.165, 1.54) is 12.0 Å². The van der Waals surface area contributed by atoms with E-state index >= 15 is 0 Å². The summed E-state index contributed by atoms with van der Waals surface area (Å²) in [5.74, 6) is -1.49. The van der Waals surface area contributed by atoms with Crippen molar-refractivity contribution in [2.24, 2.45) is 0 Å². The number of benzene rings is 2. The van der Waals surface area contributed by atoms with Crippen molar-refractivity contribution in [1.29, 1.82) is 0 Å². The topological polar surface area (TPSA) is 66.8 Å². The number of Topliss-reactive ketones (excluding diaryl/α,β-unsaturated/α-hetero) is 1. The Morgan fingerprint density at radius 2 is 1.88 bits per heavy atom. The maximum Gasteiger partial charge on any atom is 0.295 e. The number of amides is 1. The zero-order valence-electron chi connectivity index (χ0n) is 14.2. The fraction of sp³-hybridized carbons (Fsp3) is 0.200. The molecule has 5 nitrogen and oxygen atoms in total. The molecule has 1 atom stereocenters. The van der Waals surface area contributed by atoms with Gasteiger partial charge in [-0.3, -0.25) is 9.59 Å². The minimum atomic E-state index is -0.688. The van der Waals surface area contributed by atoms with Crippen molar-refractivity contribution in [2.75, 3.05) is 20.3 Å². The first-order valence-corrected chi connectivity index (χ1v) is 8.92. The second-order valence-corrected chi connectivity index (χ2v) is 6.82. The van der Waals surface area contributed by atoms with E-state index in [4.69, 9.17) is 4.74 Å². The van der Waals surface area contributed by atoms with Gasteiger partial charge in [-0.15, -0.1) is 0 Å². The molecule has 0 unspecified atom stereocenters. The zero-order chi connectivity index (χ0) is 18.7. The average molecular weight is 416 g/mol. The van der Waals surface area contributed by atoms with Crippen LogP contribution in [0.3, 0.4) is 0 Å².